The van der Waals surface area contributed by atoms with Crippen molar-refractivity contribution in [2.24, 2.45) is 0 Å². The fraction of sp³-hybridized carbons (Fsp3) is 0.222. The Hall–Kier alpha value is -5.05. The maximum absolute atomic E-state index is 14.9. The van der Waals surface area contributed by atoms with Crippen molar-refractivity contribution in [1.29, 1.82) is 0 Å². The highest BCUT2D eigenvalue weighted by Gasteiger charge is 2.37. The fourth-order valence-electron chi connectivity index (χ4n) is 6.50. The van der Waals surface area contributed by atoms with E-state index in [0.717, 1.165) is 39.3 Å². The Morgan fingerprint density at radius 3 is 2.44 bits per heavy atom. The maximum Gasteiger partial charge on any atom is 0.141 e. The lowest BCUT2D eigenvalue weighted by Crippen LogP contribution is -2.25. The molecule has 0 amide bonds. The molecule has 0 saturated carbocycles. The van der Waals surface area contributed by atoms with E-state index in [0.29, 0.717) is 39.9 Å². The van der Waals surface area contributed by atoms with E-state index in [1.807, 2.05) is 67.6 Å². The van der Waals surface area contributed by atoms with Gasteiger partial charge in [0, 0.05) is 52.8 Å². The Bertz CT molecular complexity index is 2120. The molecule has 0 fully saturated rings. The van der Waals surface area contributed by atoms with Gasteiger partial charge in [0.05, 0.1) is 35.4 Å². The third-order valence-corrected chi connectivity index (χ3v) is 8.45. The van der Waals surface area contributed by atoms with Gasteiger partial charge in [0.1, 0.15) is 41.2 Å². The summed E-state index contributed by atoms with van der Waals surface area (Å²) in [6, 6.07) is 23.5. The molecular formula is C36H31F3N4O2. The summed E-state index contributed by atoms with van der Waals surface area (Å²) >= 11 is 0. The van der Waals surface area contributed by atoms with Gasteiger partial charge in [0.15, 0.2) is 0 Å². The van der Waals surface area contributed by atoms with Crippen molar-refractivity contribution < 1.29 is 22.6 Å². The molecule has 45 heavy (non-hydrogen) atoms. The van der Waals surface area contributed by atoms with Crippen molar-refractivity contribution in [2.75, 3.05) is 7.11 Å². The Kier molecular flexibility index (Phi) is 7.11. The van der Waals surface area contributed by atoms with Gasteiger partial charge in [-0.25, -0.2) is 22.8 Å². The number of halogens is 3. The smallest absolute Gasteiger partial charge is 0.141 e. The molecule has 0 saturated heterocycles. The summed E-state index contributed by atoms with van der Waals surface area (Å²) in [5.74, 6) is 0.649. The molecule has 9 heteroatoms. The van der Waals surface area contributed by atoms with E-state index in [9.17, 15) is 13.2 Å². The number of ether oxygens (including phenoxy) is 2. The minimum Gasteiger partial charge on any atom is -0.497 e. The predicted octanol–water partition coefficient (Wildman–Crippen LogP) is 9.11. The van der Waals surface area contributed by atoms with Gasteiger partial charge in [-0.05, 0) is 68.8 Å². The van der Waals surface area contributed by atoms with Gasteiger partial charge in [0.2, 0.25) is 0 Å². The quantitative estimate of drug-likeness (QED) is 0.189. The summed E-state index contributed by atoms with van der Waals surface area (Å²) in [4.78, 5) is 4.63. The van der Waals surface area contributed by atoms with Crippen molar-refractivity contribution >= 4 is 21.8 Å². The average Bonchev–Trinajstić information content (AvgIpc) is 3.49. The summed E-state index contributed by atoms with van der Waals surface area (Å²) in [6.07, 6.45) is -1.08. The van der Waals surface area contributed by atoms with Crippen LogP contribution in [0.4, 0.5) is 13.2 Å². The number of allylic oxidation sites excluding steroid dienone is 2. The number of fused-ring (bicyclic) bond motifs is 3. The van der Waals surface area contributed by atoms with E-state index in [1.165, 1.54) is 0 Å². The zero-order valence-electron chi connectivity index (χ0n) is 25.3. The highest BCUT2D eigenvalue weighted by Crippen LogP contribution is 2.41. The molecule has 3 aromatic heterocycles. The van der Waals surface area contributed by atoms with Crippen molar-refractivity contribution in [2.45, 2.75) is 45.5 Å². The molecule has 0 spiro atoms. The van der Waals surface area contributed by atoms with E-state index >= 15 is 0 Å². The van der Waals surface area contributed by atoms with Crippen LogP contribution < -0.4 is 9.47 Å². The first-order valence-electron chi connectivity index (χ1n) is 14.8. The molecule has 0 N–H and O–H groups in total. The molecule has 228 valence electrons. The highest BCUT2D eigenvalue weighted by molar-refractivity contribution is 6.09. The molecular weight excluding hydrogens is 577 g/mol. The molecule has 1 unspecified atom stereocenters. The van der Waals surface area contributed by atoms with E-state index in [4.69, 9.17) is 9.47 Å². The number of hydrogen-bond acceptors (Lipinski definition) is 4. The number of para-hydroxylation sites is 1. The molecule has 1 aliphatic rings. The SMILES string of the molecule is COc1ccnc(-n2c3ccccc3c3ccc(Oc4cc(C)cc(-n5nc(C)c(C6C(F)=C[C@H](F)C[C@@H]6F)c5C)c4)cc32)c1. The van der Waals surface area contributed by atoms with Gasteiger partial charge in [0.25, 0.3) is 0 Å². The van der Waals surface area contributed by atoms with Gasteiger partial charge in [-0.15, -0.1) is 0 Å². The largest absolute Gasteiger partial charge is 0.497 e. The molecule has 7 rings (SSSR count). The number of aromatic nitrogens is 4. The number of aryl methyl sites for hydroxylation is 2. The zero-order chi connectivity index (χ0) is 31.4. The van der Waals surface area contributed by atoms with E-state index in [2.05, 4.69) is 26.8 Å². The van der Waals surface area contributed by atoms with Crippen LogP contribution in [0.5, 0.6) is 17.2 Å². The molecule has 3 atom stereocenters. The van der Waals surface area contributed by atoms with Crippen molar-refractivity contribution in [3.63, 3.8) is 0 Å². The van der Waals surface area contributed by atoms with Crippen LogP contribution in [0.3, 0.4) is 0 Å². The first-order chi connectivity index (χ1) is 21.7. The van der Waals surface area contributed by atoms with E-state index in [1.54, 1.807) is 31.8 Å². The first-order valence-corrected chi connectivity index (χ1v) is 14.8. The summed E-state index contributed by atoms with van der Waals surface area (Å²) in [5, 5.41) is 6.78. The van der Waals surface area contributed by atoms with Crippen molar-refractivity contribution in [1.82, 2.24) is 19.3 Å². The van der Waals surface area contributed by atoms with Crippen LogP contribution in [-0.2, 0) is 0 Å². The zero-order valence-corrected chi connectivity index (χ0v) is 25.3. The highest BCUT2D eigenvalue weighted by atomic mass is 19.2. The van der Waals surface area contributed by atoms with E-state index in [-0.39, 0.29) is 6.42 Å². The van der Waals surface area contributed by atoms with Crippen molar-refractivity contribution in [3.05, 3.63) is 113 Å². The lowest BCUT2D eigenvalue weighted by atomic mass is 9.85. The normalized spacial score (nSPS) is 18.4. The molecule has 3 heterocycles. The number of nitrogens with zero attached hydrogens (tertiary/aromatic N) is 4. The molecule has 0 radical (unpaired) electrons. The van der Waals surface area contributed by atoms with Gasteiger partial charge in [-0.3, -0.25) is 4.57 Å². The minimum absolute atomic E-state index is 0.373. The Labute approximate surface area is 258 Å². The lowest BCUT2D eigenvalue weighted by molar-refractivity contribution is 0.195. The topological polar surface area (TPSA) is 54.1 Å². The summed E-state index contributed by atoms with van der Waals surface area (Å²) in [7, 11) is 1.63. The second-order valence-electron chi connectivity index (χ2n) is 11.5. The Morgan fingerprint density at radius 2 is 1.64 bits per heavy atom. The third-order valence-electron chi connectivity index (χ3n) is 8.45. The lowest BCUT2D eigenvalue weighted by Gasteiger charge is -2.25. The molecule has 0 bridgehead atoms. The van der Waals surface area contributed by atoms with Crippen LogP contribution in [0.1, 0.15) is 34.9 Å². The first kappa shape index (κ1) is 28.7. The van der Waals surface area contributed by atoms with Crippen LogP contribution >= 0.6 is 0 Å². The van der Waals surface area contributed by atoms with Crippen molar-refractivity contribution in [3.8, 4) is 28.8 Å². The Balaban J connectivity index is 1.28. The second-order valence-corrected chi connectivity index (χ2v) is 11.5. The number of rotatable bonds is 6. The molecule has 6 aromatic rings. The summed E-state index contributed by atoms with van der Waals surface area (Å²) < 4.78 is 59.2. The van der Waals surface area contributed by atoms with Gasteiger partial charge in [-0.1, -0.05) is 18.2 Å². The summed E-state index contributed by atoms with van der Waals surface area (Å²) in [6.45, 7) is 5.44. The monoisotopic (exact) mass is 608 g/mol. The van der Waals surface area contributed by atoms with E-state index < -0.39 is 24.1 Å². The minimum atomic E-state index is -1.67. The van der Waals surface area contributed by atoms with Crippen LogP contribution in [0.15, 0.2) is 90.9 Å². The van der Waals surface area contributed by atoms with Crippen LogP contribution in [-0.4, -0.2) is 38.8 Å². The van der Waals surface area contributed by atoms with Gasteiger partial charge < -0.3 is 9.47 Å². The maximum atomic E-state index is 14.9. The number of methoxy groups -OCH3 is 1. The number of pyridine rings is 1. The van der Waals surface area contributed by atoms with Crippen LogP contribution in [0, 0.1) is 20.8 Å². The van der Waals surface area contributed by atoms with Crippen LogP contribution in [0.2, 0.25) is 0 Å². The fourth-order valence-corrected chi connectivity index (χ4v) is 6.50. The number of benzene rings is 3. The van der Waals surface area contributed by atoms with Gasteiger partial charge >= 0.3 is 0 Å². The summed E-state index contributed by atoms with van der Waals surface area (Å²) in [5.41, 5.74) is 5.06. The number of alkyl halides is 2. The predicted molar refractivity (Wildman–Crippen MR) is 169 cm³/mol. The molecule has 0 aliphatic heterocycles. The molecule has 6 nitrogen and oxygen atoms in total. The second kappa shape index (κ2) is 11.1. The Morgan fingerprint density at radius 1 is 0.844 bits per heavy atom. The van der Waals surface area contributed by atoms with Crippen LogP contribution in [0.25, 0.3) is 33.3 Å². The van der Waals surface area contributed by atoms with Gasteiger partial charge in [-0.2, -0.15) is 5.10 Å². The third kappa shape index (κ3) is 5.02. The number of hydrogen-bond donors (Lipinski definition) is 0. The molecule has 1 aliphatic carbocycles. The average molecular weight is 609 g/mol. The molecule has 3 aromatic carbocycles. The standard InChI is InChI=1S/C36H31F3N4O2/c1-20-13-24(43-22(3)35(21(2)41-43)36-30(38)15-23(37)16-31(36)39)17-27(14-20)45-26-9-10-29-28-7-5-6-8-32(28)42(33(29)18-26)34-19-25(44-4)11-12-40-34/h5-15,17-19,23,31,36H,16H2,1-4H3/t23-,31-,36?/m0/s1.